The number of piperidine rings is 1. The molecule has 0 unspecified atom stereocenters. The molecule has 3 aromatic rings. The Bertz CT molecular complexity index is 1080. The maximum absolute atomic E-state index is 13.0. The summed E-state index contributed by atoms with van der Waals surface area (Å²) in [5.41, 5.74) is 2.79. The fourth-order valence-electron chi connectivity index (χ4n) is 4.93. The van der Waals surface area contributed by atoms with Gasteiger partial charge in [-0.15, -0.1) is 0 Å². The Hall–Kier alpha value is -2.12. The number of anilines is 1. The number of nitrogens with one attached hydrogen (secondary N) is 1. The van der Waals surface area contributed by atoms with E-state index >= 15 is 0 Å². The van der Waals surface area contributed by atoms with Crippen molar-refractivity contribution in [1.29, 1.82) is 0 Å². The summed E-state index contributed by atoms with van der Waals surface area (Å²) in [4.78, 5) is 20.3. The number of aryl methyl sites for hydroxylation is 1. The molecular weight excluding hydrogens is 442 g/mol. The number of carbonyl (C=O) groups is 1. The number of fused-ring (bicyclic) bond motifs is 1. The second-order valence-corrected chi connectivity index (χ2v) is 10.5. The second-order valence-electron chi connectivity index (χ2n) is 9.11. The van der Waals surface area contributed by atoms with Crippen LogP contribution in [0.2, 0.25) is 5.02 Å². The summed E-state index contributed by atoms with van der Waals surface area (Å²) >= 11 is 7.73. The molecule has 1 saturated heterocycles. The zero-order chi connectivity index (χ0) is 22.1. The Labute approximate surface area is 198 Å². The van der Waals surface area contributed by atoms with Crippen LogP contribution in [0.1, 0.15) is 57.1 Å². The van der Waals surface area contributed by atoms with Gasteiger partial charge in [-0.3, -0.25) is 4.79 Å². The first-order valence-corrected chi connectivity index (χ1v) is 13.0. The van der Waals surface area contributed by atoms with E-state index in [1.54, 1.807) is 11.3 Å². The van der Waals surface area contributed by atoms with Crippen molar-refractivity contribution < 1.29 is 4.79 Å². The minimum Gasteiger partial charge on any atom is -0.353 e. The first-order valence-electron chi connectivity index (χ1n) is 11.8. The van der Waals surface area contributed by atoms with Crippen molar-refractivity contribution >= 4 is 44.3 Å². The Kier molecular flexibility index (Phi) is 6.37. The quantitative estimate of drug-likeness (QED) is 0.510. The molecule has 1 aromatic carbocycles. The molecule has 5 rings (SSSR count). The van der Waals surface area contributed by atoms with E-state index in [1.807, 2.05) is 35.9 Å². The smallest absolute Gasteiger partial charge is 0.225 e. The number of nitrogens with zero attached hydrogens (tertiary/aromatic N) is 4. The lowest BCUT2D eigenvalue weighted by molar-refractivity contribution is -0.126. The van der Waals surface area contributed by atoms with Gasteiger partial charge < -0.3 is 10.2 Å². The van der Waals surface area contributed by atoms with E-state index < -0.39 is 0 Å². The molecule has 2 fully saturated rings. The van der Waals surface area contributed by atoms with Crippen LogP contribution in [0, 0.1) is 12.8 Å². The molecule has 2 aliphatic rings. The van der Waals surface area contributed by atoms with E-state index in [1.165, 1.54) is 25.7 Å². The van der Waals surface area contributed by atoms with Crippen LogP contribution in [0.25, 0.3) is 16.0 Å². The van der Waals surface area contributed by atoms with Gasteiger partial charge in [-0.2, -0.15) is 10.1 Å². The molecule has 1 amide bonds. The number of amides is 1. The van der Waals surface area contributed by atoms with Crippen LogP contribution in [0.4, 0.5) is 5.13 Å². The van der Waals surface area contributed by atoms with Crippen LogP contribution in [0.5, 0.6) is 0 Å². The molecule has 6 nitrogen and oxygen atoms in total. The van der Waals surface area contributed by atoms with Crippen LogP contribution < -0.4 is 10.2 Å². The molecule has 1 atom stereocenters. The summed E-state index contributed by atoms with van der Waals surface area (Å²) in [6.45, 7) is 3.70. The number of hydrogen-bond acceptors (Lipinski definition) is 5. The summed E-state index contributed by atoms with van der Waals surface area (Å²) in [7, 11) is 0. The number of rotatable bonds is 4. The van der Waals surface area contributed by atoms with E-state index in [0.717, 1.165) is 65.6 Å². The van der Waals surface area contributed by atoms with Gasteiger partial charge in [0.2, 0.25) is 5.91 Å². The fourth-order valence-corrected chi connectivity index (χ4v) is 6.08. The number of carbonyl (C=O) groups excluding carboxylic acids is 1. The lowest BCUT2D eigenvalue weighted by Gasteiger charge is -2.32. The molecule has 1 aliphatic carbocycles. The summed E-state index contributed by atoms with van der Waals surface area (Å²) in [6, 6.07) is 8.02. The molecule has 170 valence electrons. The standard InChI is InChI=1S/C24H30ClN5OS/c1-16-21-22(30(28-16)20-12-10-18(25)11-13-20)27-24(32-21)29-14-6-7-17(15-29)23(31)26-19-8-4-2-3-5-9-19/h10-13,17,19H,2-9,14-15H2,1H3,(H,26,31)/t17-/m0/s1. The average molecular weight is 472 g/mol. The molecule has 1 saturated carbocycles. The molecular formula is C24H30ClN5OS. The number of aromatic nitrogens is 3. The number of hydrogen-bond donors (Lipinski definition) is 1. The van der Waals surface area contributed by atoms with Gasteiger partial charge in [-0.05, 0) is 56.9 Å². The Morgan fingerprint density at radius 3 is 2.59 bits per heavy atom. The van der Waals surface area contributed by atoms with E-state index in [9.17, 15) is 4.79 Å². The first-order chi connectivity index (χ1) is 15.6. The van der Waals surface area contributed by atoms with Crippen LogP contribution >= 0.6 is 22.9 Å². The fraction of sp³-hybridized carbons (Fsp3) is 0.542. The zero-order valence-corrected chi connectivity index (χ0v) is 20.1. The van der Waals surface area contributed by atoms with Gasteiger partial charge in [0.15, 0.2) is 10.8 Å². The molecule has 1 aliphatic heterocycles. The van der Waals surface area contributed by atoms with Gasteiger partial charge in [0.05, 0.1) is 22.0 Å². The maximum Gasteiger partial charge on any atom is 0.225 e. The van der Waals surface area contributed by atoms with Crippen molar-refractivity contribution in [3.63, 3.8) is 0 Å². The Balaban J connectivity index is 1.33. The zero-order valence-electron chi connectivity index (χ0n) is 18.5. The van der Waals surface area contributed by atoms with Gasteiger partial charge in [0.25, 0.3) is 0 Å². The average Bonchev–Trinajstić information content (AvgIpc) is 3.26. The third-order valence-electron chi connectivity index (χ3n) is 6.71. The van der Waals surface area contributed by atoms with Crippen molar-refractivity contribution in [3.05, 3.63) is 35.0 Å². The highest BCUT2D eigenvalue weighted by Crippen LogP contribution is 2.34. The largest absolute Gasteiger partial charge is 0.353 e. The van der Waals surface area contributed by atoms with Crippen molar-refractivity contribution in [2.24, 2.45) is 5.92 Å². The third kappa shape index (κ3) is 4.50. The van der Waals surface area contributed by atoms with Crippen molar-refractivity contribution in [1.82, 2.24) is 20.1 Å². The van der Waals surface area contributed by atoms with E-state index in [4.69, 9.17) is 21.7 Å². The molecule has 0 radical (unpaired) electrons. The van der Waals surface area contributed by atoms with Crippen molar-refractivity contribution in [2.45, 2.75) is 64.3 Å². The number of halogens is 1. The SMILES string of the molecule is Cc1nn(-c2ccc(Cl)cc2)c2nc(N3CCC[C@H](C(=O)NC4CCCCCC4)C3)sc12. The maximum atomic E-state index is 13.0. The minimum absolute atomic E-state index is 0.0351. The van der Waals surface area contributed by atoms with Gasteiger partial charge in [0, 0.05) is 24.2 Å². The predicted molar refractivity (Wildman–Crippen MR) is 131 cm³/mol. The lowest BCUT2D eigenvalue weighted by Crippen LogP contribution is -2.46. The molecule has 1 N–H and O–H groups in total. The number of thiazole rings is 1. The highest BCUT2D eigenvalue weighted by Gasteiger charge is 2.29. The van der Waals surface area contributed by atoms with Crippen LogP contribution in [-0.4, -0.2) is 39.8 Å². The summed E-state index contributed by atoms with van der Waals surface area (Å²) in [6.07, 6.45) is 9.29. The molecule has 32 heavy (non-hydrogen) atoms. The summed E-state index contributed by atoms with van der Waals surface area (Å²) in [5.74, 6) is 0.263. The monoisotopic (exact) mass is 471 g/mol. The topological polar surface area (TPSA) is 63.1 Å². The normalized spacial score (nSPS) is 20.4. The molecule has 2 aromatic heterocycles. The van der Waals surface area contributed by atoms with Gasteiger partial charge in [0.1, 0.15) is 0 Å². The summed E-state index contributed by atoms with van der Waals surface area (Å²) in [5, 5.41) is 9.73. The summed E-state index contributed by atoms with van der Waals surface area (Å²) < 4.78 is 2.99. The van der Waals surface area contributed by atoms with E-state index in [-0.39, 0.29) is 11.8 Å². The van der Waals surface area contributed by atoms with Crippen LogP contribution in [0.3, 0.4) is 0 Å². The highest BCUT2D eigenvalue weighted by atomic mass is 35.5. The van der Waals surface area contributed by atoms with E-state index in [0.29, 0.717) is 11.1 Å². The van der Waals surface area contributed by atoms with Gasteiger partial charge >= 0.3 is 0 Å². The lowest BCUT2D eigenvalue weighted by atomic mass is 9.96. The van der Waals surface area contributed by atoms with Crippen LogP contribution in [-0.2, 0) is 4.79 Å². The van der Waals surface area contributed by atoms with Crippen molar-refractivity contribution in [2.75, 3.05) is 18.0 Å². The van der Waals surface area contributed by atoms with Gasteiger partial charge in [-0.25, -0.2) is 4.68 Å². The second kappa shape index (κ2) is 9.40. The van der Waals surface area contributed by atoms with Gasteiger partial charge in [-0.1, -0.05) is 48.6 Å². The molecule has 3 heterocycles. The van der Waals surface area contributed by atoms with Crippen molar-refractivity contribution in [3.8, 4) is 5.69 Å². The van der Waals surface area contributed by atoms with E-state index in [2.05, 4.69) is 10.2 Å². The predicted octanol–water partition coefficient (Wildman–Crippen LogP) is 5.50. The Morgan fingerprint density at radius 2 is 1.84 bits per heavy atom. The molecule has 0 bridgehead atoms. The molecule has 8 heteroatoms. The first kappa shape index (κ1) is 21.7. The third-order valence-corrected chi connectivity index (χ3v) is 8.18. The van der Waals surface area contributed by atoms with Crippen LogP contribution in [0.15, 0.2) is 24.3 Å². The highest BCUT2D eigenvalue weighted by molar-refractivity contribution is 7.22. The Morgan fingerprint density at radius 1 is 1.09 bits per heavy atom. The number of benzene rings is 1. The minimum atomic E-state index is 0.0351. The molecule has 0 spiro atoms.